The van der Waals surface area contributed by atoms with Crippen LogP contribution < -0.4 is 16.0 Å². The highest BCUT2D eigenvalue weighted by Crippen LogP contribution is 2.52. The van der Waals surface area contributed by atoms with Gasteiger partial charge >= 0.3 is 5.97 Å². The molecule has 14 nitrogen and oxygen atoms in total. The van der Waals surface area contributed by atoms with Gasteiger partial charge in [0.15, 0.2) is 0 Å². The third-order valence-corrected chi connectivity index (χ3v) is 10.6. The Hall–Kier alpha value is -3.04. The number of carbonyl (C=O) groups excluding carboxylic acids is 3. The van der Waals surface area contributed by atoms with Crippen molar-refractivity contribution in [3.63, 3.8) is 0 Å². The lowest BCUT2D eigenvalue weighted by Gasteiger charge is -2.47. The third kappa shape index (κ3) is 4.77. The minimum atomic E-state index is -1.13. The molecule has 3 amide bonds. The molecule has 0 aliphatic carbocycles. The summed E-state index contributed by atoms with van der Waals surface area (Å²) in [7, 11) is 0. The number of rotatable bonds is 8. The summed E-state index contributed by atoms with van der Waals surface area (Å²) in [5.41, 5.74) is 0.0295. The van der Waals surface area contributed by atoms with Crippen molar-refractivity contribution in [1.29, 1.82) is 0 Å². The Morgan fingerprint density at radius 1 is 1.25 bits per heavy atom. The smallest absolute Gasteiger partial charge is 0.353 e. The molecule has 216 valence electrons. The summed E-state index contributed by atoms with van der Waals surface area (Å²) in [5, 5.41) is 30.4. The number of β-lactam (4-membered cyclic amide) rings is 1. The number of carboxylic acids is 1. The second-order valence-electron chi connectivity index (χ2n) is 11.6. The number of aliphatic carboxylic acids is 1. The number of hydrogen-bond donors (Lipinski definition) is 4. The molecule has 2 unspecified atom stereocenters. The molecule has 8 atom stereocenters. The number of aromatic nitrogens is 4. The number of piperidine rings is 1. The number of likely N-dealkylation sites (tertiary alicyclic amines) is 1. The number of fused-ring (bicyclic) bond motifs is 2. The first-order valence-electron chi connectivity index (χ1n) is 13.9. The predicted octanol–water partition coefficient (Wildman–Crippen LogP) is -1.52. The molecule has 0 spiro atoms. The van der Waals surface area contributed by atoms with Gasteiger partial charge in [-0.3, -0.25) is 14.4 Å². The number of hydrogen-bond acceptors (Lipinski definition) is 10. The molecule has 1 aromatic rings. The van der Waals surface area contributed by atoms with E-state index in [1.54, 1.807) is 6.92 Å². The van der Waals surface area contributed by atoms with E-state index in [9.17, 15) is 24.3 Å². The maximum atomic E-state index is 13.3. The Morgan fingerprint density at radius 2 is 2.05 bits per heavy atom. The van der Waals surface area contributed by atoms with Crippen LogP contribution in [0.4, 0.5) is 0 Å². The number of tetrazole rings is 1. The van der Waals surface area contributed by atoms with Gasteiger partial charge in [0, 0.05) is 41.7 Å². The molecular weight excluding hydrogens is 538 g/mol. The molecule has 5 aliphatic rings. The number of thioether (sulfide) groups is 1. The summed E-state index contributed by atoms with van der Waals surface area (Å²) >= 11 is 1.47. The maximum absolute atomic E-state index is 13.3. The Kier molecular flexibility index (Phi) is 7.29. The molecule has 1 aromatic heterocycles. The Balaban J connectivity index is 1.08. The number of nitrogens with zero attached hydrogens (tertiary/aromatic N) is 6. The second-order valence-corrected chi connectivity index (χ2v) is 12.9. The first-order chi connectivity index (χ1) is 19.2. The van der Waals surface area contributed by atoms with Crippen molar-refractivity contribution in [2.24, 2.45) is 23.7 Å². The van der Waals surface area contributed by atoms with Gasteiger partial charge in [0.1, 0.15) is 18.6 Å². The first-order valence-corrected chi connectivity index (χ1v) is 14.8. The zero-order valence-corrected chi connectivity index (χ0v) is 23.3. The minimum absolute atomic E-state index is 0.0213. The van der Waals surface area contributed by atoms with Gasteiger partial charge in [0.25, 0.3) is 0 Å². The molecule has 40 heavy (non-hydrogen) atoms. The molecule has 0 saturated carbocycles. The Morgan fingerprint density at radius 3 is 2.77 bits per heavy atom. The standard InChI is InChI=1S/C25H35N9O5S/c1-12-20-19(13(2)29-18(35)10-33-11-28-30-31-33)24(37)34(20)21(25(38)39)22(12)40-16-5-17(27-7-16)23(36)32-8-14-3-4-26-6-15(14)9-32/h11-17,19-20,26-27H,3-10H2,1-2H3,(H,29,35)(H,38,39)/t12-,13-,14?,15?,16+,17+,19-,20-/m1/s1. The van der Waals surface area contributed by atoms with Crippen LogP contribution in [0.1, 0.15) is 26.7 Å². The molecule has 4 N–H and O–H groups in total. The van der Waals surface area contributed by atoms with E-state index in [-0.39, 0.29) is 53.2 Å². The zero-order valence-electron chi connectivity index (χ0n) is 22.5. The van der Waals surface area contributed by atoms with E-state index in [1.165, 1.54) is 27.7 Å². The summed E-state index contributed by atoms with van der Waals surface area (Å²) in [6.45, 7) is 7.81. The highest BCUT2D eigenvalue weighted by atomic mass is 32.2. The minimum Gasteiger partial charge on any atom is -0.477 e. The molecule has 0 bridgehead atoms. The predicted molar refractivity (Wildman–Crippen MR) is 142 cm³/mol. The molecule has 5 aliphatic heterocycles. The molecule has 15 heteroatoms. The lowest BCUT2D eigenvalue weighted by Crippen LogP contribution is -2.66. The summed E-state index contributed by atoms with van der Waals surface area (Å²) < 4.78 is 1.29. The normalized spacial score (nSPS) is 34.0. The van der Waals surface area contributed by atoms with Crippen molar-refractivity contribution < 1.29 is 24.3 Å². The van der Waals surface area contributed by atoms with E-state index >= 15 is 0 Å². The topological polar surface area (TPSA) is 175 Å². The van der Waals surface area contributed by atoms with Crippen molar-refractivity contribution in [2.45, 2.75) is 56.6 Å². The van der Waals surface area contributed by atoms with Crippen LogP contribution in [0, 0.1) is 23.7 Å². The van der Waals surface area contributed by atoms with E-state index in [1.807, 2.05) is 11.8 Å². The number of nitrogens with one attached hydrogen (secondary N) is 3. The number of amides is 3. The molecule has 6 heterocycles. The van der Waals surface area contributed by atoms with E-state index in [2.05, 4.69) is 31.5 Å². The molecule has 4 saturated heterocycles. The van der Waals surface area contributed by atoms with Crippen molar-refractivity contribution >= 4 is 35.5 Å². The van der Waals surface area contributed by atoms with Gasteiger partial charge in [-0.15, -0.1) is 16.9 Å². The highest BCUT2D eigenvalue weighted by Gasteiger charge is 2.60. The van der Waals surface area contributed by atoms with Crippen LogP contribution in [-0.2, 0) is 25.7 Å². The van der Waals surface area contributed by atoms with Gasteiger partial charge < -0.3 is 30.9 Å². The summed E-state index contributed by atoms with van der Waals surface area (Å²) in [5.74, 6) is -1.29. The third-order valence-electron chi connectivity index (χ3n) is 9.08. The van der Waals surface area contributed by atoms with E-state index < -0.39 is 17.9 Å². The lowest BCUT2D eigenvalue weighted by molar-refractivity contribution is -0.158. The van der Waals surface area contributed by atoms with Gasteiger partial charge in [0.2, 0.25) is 17.7 Å². The van der Waals surface area contributed by atoms with Crippen molar-refractivity contribution in [3.05, 3.63) is 16.9 Å². The Bertz CT molecular complexity index is 1210. The fourth-order valence-corrected chi connectivity index (χ4v) is 8.60. The van der Waals surface area contributed by atoms with Crippen LogP contribution in [0.15, 0.2) is 16.9 Å². The maximum Gasteiger partial charge on any atom is 0.353 e. The average Bonchev–Trinajstić information content (AvgIpc) is 3.71. The first kappa shape index (κ1) is 27.1. The van der Waals surface area contributed by atoms with E-state index in [0.29, 0.717) is 29.7 Å². The largest absolute Gasteiger partial charge is 0.477 e. The molecule has 0 aromatic carbocycles. The van der Waals surface area contributed by atoms with E-state index in [0.717, 1.165) is 32.6 Å². The molecule has 0 radical (unpaired) electrons. The average molecular weight is 574 g/mol. The second kappa shape index (κ2) is 10.7. The van der Waals surface area contributed by atoms with Crippen LogP contribution in [0.25, 0.3) is 0 Å². The lowest BCUT2D eigenvalue weighted by atomic mass is 9.78. The summed E-state index contributed by atoms with van der Waals surface area (Å²) in [6, 6.07) is -1.12. The van der Waals surface area contributed by atoms with Crippen LogP contribution in [0.2, 0.25) is 0 Å². The summed E-state index contributed by atoms with van der Waals surface area (Å²) in [4.78, 5) is 55.3. The van der Waals surface area contributed by atoms with Crippen LogP contribution >= 0.6 is 11.8 Å². The fraction of sp³-hybridized carbons (Fsp3) is 0.720. The monoisotopic (exact) mass is 573 g/mol. The number of carbonyl (C=O) groups is 4. The van der Waals surface area contributed by atoms with Gasteiger partial charge in [0.05, 0.1) is 18.0 Å². The van der Waals surface area contributed by atoms with Crippen LogP contribution in [0.3, 0.4) is 0 Å². The Labute approximate surface area is 235 Å². The SMILES string of the molecule is C[C@@H](NC(=O)Cn1cnnn1)[C@H]1C(=O)N2C(C(=O)O)=C(S[C@@H]3CN[C@H](C(=O)N4CC5CCNCC5C4)C3)[C@H](C)[C@H]12. The highest BCUT2D eigenvalue weighted by molar-refractivity contribution is 8.03. The van der Waals surface area contributed by atoms with Gasteiger partial charge in [-0.25, -0.2) is 9.48 Å². The molecule has 4 fully saturated rings. The van der Waals surface area contributed by atoms with Crippen LogP contribution in [-0.4, -0.2) is 115 Å². The van der Waals surface area contributed by atoms with Gasteiger partial charge in [-0.05, 0) is 55.1 Å². The number of carboxylic acid groups (broad SMARTS) is 1. The summed E-state index contributed by atoms with van der Waals surface area (Å²) in [6.07, 6.45) is 3.05. The van der Waals surface area contributed by atoms with Crippen molar-refractivity contribution in [1.82, 2.24) is 46.0 Å². The van der Waals surface area contributed by atoms with E-state index in [4.69, 9.17) is 0 Å². The molecule has 6 rings (SSSR count). The van der Waals surface area contributed by atoms with Crippen LogP contribution in [0.5, 0.6) is 0 Å². The molecular formula is C25H35N9O5S. The van der Waals surface area contributed by atoms with Gasteiger partial charge in [-0.2, -0.15) is 0 Å². The van der Waals surface area contributed by atoms with Gasteiger partial charge in [-0.1, -0.05) is 6.92 Å². The van der Waals surface area contributed by atoms with Crippen molar-refractivity contribution in [2.75, 3.05) is 32.7 Å². The fourth-order valence-electron chi connectivity index (χ4n) is 7.12. The van der Waals surface area contributed by atoms with Crippen molar-refractivity contribution in [3.8, 4) is 0 Å². The quantitative estimate of drug-likeness (QED) is 0.266. The zero-order chi connectivity index (χ0) is 28.1.